The number of hydrogen-bond donors (Lipinski definition) is 0. The molecule has 0 amide bonds. The van der Waals surface area contributed by atoms with Gasteiger partial charge in [-0.3, -0.25) is 0 Å². The average Bonchev–Trinajstić information content (AvgIpc) is 1.82. The normalized spacial score (nSPS) is 15.9. The molecule has 1 nitrogen and oxygen atoms in total. The topological polar surface area (TPSA) is 9.23 Å². The van der Waals surface area contributed by atoms with Crippen molar-refractivity contribution in [1.82, 2.24) is 0 Å². The third-order valence-corrected chi connectivity index (χ3v) is 2.10. The highest BCUT2D eigenvalue weighted by Gasteiger charge is 2.26. The van der Waals surface area contributed by atoms with E-state index in [0.29, 0.717) is 5.88 Å². The van der Waals surface area contributed by atoms with Crippen LogP contribution in [0.15, 0.2) is 0 Å². The van der Waals surface area contributed by atoms with Gasteiger partial charge in [-0.15, -0.1) is 11.6 Å². The minimum atomic E-state index is 0.132. The summed E-state index contributed by atoms with van der Waals surface area (Å²) in [5.41, 5.74) is 0.350. The van der Waals surface area contributed by atoms with E-state index in [1.54, 1.807) is 0 Å². The quantitative estimate of drug-likeness (QED) is 0.640. The van der Waals surface area contributed by atoms with E-state index in [4.69, 9.17) is 16.3 Å². The van der Waals surface area contributed by atoms with Crippen LogP contribution in [0.25, 0.3) is 0 Å². The summed E-state index contributed by atoms with van der Waals surface area (Å²) < 4.78 is 5.79. The molecule has 0 saturated heterocycles. The summed E-state index contributed by atoms with van der Waals surface area (Å²) in [7, 11) is 0. The molecule has 0 bridgehead atoms. The Morgan fingerprint density at radius 2 is 1.54 bits per heavy atom. The maximum absolute atomic E-state index is 5.86. The van der Waals surface area contributed by atoms with Crippen LogP contribution in [-0.2, 0) is 4.74 Å². The van der Waals surface area contributed by atoms with E-state index in [-0.39, 0.29) is 16.9 Å². The van der Waals surface area contributed by atoms with Gasteiger partial charge in [0.1, 0.15) is 0 Å². The lowest BCUT2D eigenvalue weighted by Crippen LogP contribution is -2.33. The summed E-state index contributed by atoms with van der Waals surface area (Å²) in [5, 5.41) is 0. The maximum atomic E-state index is 5.86. The zero-order chi connectivity index (χ0) is 10.7. The van der Waals surface area contributed by atoms with Gasteiger partial charge in [-0.1, -0.05) is 41.5 Å². The lowest BCUT2D eigenvalue weighted by Gasteiger charge is -2.31. The van der Waals surface area contributed by atoms with Gasteiger partial charge >= 0.3 is 0 Å². The van der Waals surface area contributed by atoms with E-state index in [9.17, 15) is 0 Å². The third-order valence-electron chi connectivity index (χ3n) is 1.82. The van der Waals surface area contributed by atoms with E-state index in [1.165, 1.54) is 0 Å². The molecule has 0 saturated carbocycles. The largest absolute Gasteiger partial charge is 0.376 e. The minimum Gasteiger partial charge on any atom is -0.376 e. The van der Waals surface area contributed by atoms with Crippen LogP contribution in [0.5, 0.6) is 0 Å². The van der Waals surface area contributed by atoms with Gasteiger partial charge in [0.05, 0.1) is 12.7 Å². The van der Waals surface area contributed by atoms with Crippen LogP contribution >= 0.6 is 11.6 Å². The fraction of sp³-hybridized carbons (Fsp3) is 1.00. The maximum Gasteiger partial charge on any atom is 0.0758 e. The van der Waals surface area contributed by atoms with Crippen molar-refractivity contribution in [3.8, 4) is 0 Å². The van der Waals surface area contributed by atoms with Crippen molar-refractivity contribution in [2.75, 3.05) is 12.5 Å². The number of alkyl halides is 1. The van der Waals surface area contributed by atoms with E-state index in [1.807, 2.05) is 0 Å². The van der Waals surface area contributed by atoms with Gasteiger partial charge in [-0.05, 0) is 10.8 Å². The van der Waals surface area contributed by atoms with Crippen LogP contribution in [0.1, 0.15) is 41.5 Å². The van der Waals surface area contributed by atoms with Crippen molar-refractivity contribution in [3.05, 3.63) is 0 Å². The second-order valence-corrected chi connectivity index (χ2v) is 6.19. The molecule has 0 aliphatic carbocycles. The predicted molar refractivity (Wildman–Crippen MR) is 59.4 cm³/mol. The van der Waals surface area contributed by atoms with Crippen molar-refractivity contribution in [3.63, 3.8) is 0 Å². The summed E-state index contributed by atoms with van der Waals surface area (Å²) in [5.74, 6) is 0.569. The zero-order valence-corrected chi connectivity index (χ0v) is 10.5. The Balaban J connectivity index is 4.02. The highest BCUT2D eigenvalue weighted by atomic mass is 35.5. The summed E-state index contributed by atoms with van der Waals surface area (Å²) in [6.45, 7) is 13.7. The highest BCUT2D eigenvalue weighted by Crippen LogP contribution is 2.25. The predicted octanol–water partition coefficient (Wildman–Crippen LogP) is 3.70. The van der Waals surface area contributed by atoms with Crippen molar-refractivity contribution < 1.29 is 4.74 Å². The Bertz CT molecular complexity index is 141. The summed E-state index contributed by atoms with van der Waals surface area (Å²) in [6, 6.07) is 0. The molecule has 0 N–H and O–H groups in total. The Hall–Kier alpha value is 0.250. The molecule has 0 aliphatic rings. The number of rotatable bonds is 3. The van der Waals surface area contributed by atoms with Crippen molar-refractivity contribution >= 4 is 11.6 Å². The van der Waals surface area contributed by atoms with Gasteiger partial charge in [0.15, 0.2) is 0 Å². The van der Waals surface area contributed by atoms with E-state index < -0.39 is 0 Å². The lowest BCUT2D eigenvalue weighted by molar-refractivity contribution is -0.0340. The Morgan fingerprint density at radius 1 is 1.08 bits per heavy atom. The van der Waals surface area contributed by atoms with Gasteiger partial charge in [0, 0.05) is 5.88 Å². The van der Waals surface area contributed by atoms with Crippen LogP contribution < -0.4 is 0 Å². The Labute approximate surface area is 87.8 Å². The average molecular weight is 207 g/mol. The van der Waals surface area contributed by atoms with Gasteiger partial charge in [-0.2, -0.15) is 0 Å². The lowest BCUT2D eigenvalue weighted by atomic mass is 9.89. The molecule has 0 heterocycles. The number of ether oxygens (including phenoxy) is 1. The molecule has 0 spiro atoms. The molecule has 13 heavy (non-hydrogen) atoms. The first kappa shape index (κ1) is 13.2. The van der Waals surface area contributed by atoms with Crippen LogP contribution in [0.4, 0.5) is 0 Å². The fourth-order valence-electron chi connectivity index (χ4n) is 0.877. The van der Waals surface area contributed by atoms with E-state index in [0.717, 1.165) is 6.61 Å². The molecule has 0 aromatic carbocycles. The summed E-state index contributed by atoms with van der Waals surface area (Å²) in [6.07, 6.45) is 0.147. The smallest absolute Gasteiger partial charge is 0.0758 e. The van der Waals surface area contributed by atoms with Gasteiger partial charge in [-0.25, -0.2) is 0 Å². The van der Waals surface area contributed by atoms with Gasteiger partial charge in [0.2, 0.25) is 0 Å². The summed E-state index contributed by atoms with van der Waals surface area (Å²) >= 11 is 5.86. The molecule has 1 atom stereocenters. The molecule has 2 heteroatoms. The molecule has 1 unspecified atom stereocenters. The molecule has 0 fully saturated rings. The minimum absolute atomic E-state index is 0.132. The van der Waals surface area contributed by atoms with Crippen LogP contribution in [0.3, 0.4) is 0 Å². The van der Waals surface area contributed by atoms with Crippen molar-refractivity contribution in [2.24, 2.45) is 10.8 Å². The summed E-state index contributed by atoms with van der Waals surface area (Å²) in [4.78, 5) is 0. The Morgan fingerprint density at radius 3 is 1.77 bits per heavy atom. The monoisotopic (exact) mass is 206 g/mol. The molecule has 0 aliphatic heterocycles. The fourth-order valence-corrected chi connectivity index (χ4v) is 1.43. The molecule has 0 aromatic rings. The van der Waals surface area contributed by atoms with Crippen molar-refractivity contribution in [1.29, 1.82) is 0 Å². The highest BCUT2D eigenvalue weighted by molar-refractivity contribution is 6.18. The number of hydrogen-bond acceptors (Lipinski definition) is 1. The van der Waals surface area contributed by atoms with E-state index >= 15 is 0 Å². The Kier molecular flexibility index (Phi) is 4.74. The second kappa shape index (κ2) is 4.65. The molecular formula is C11H23ClO. The molecule has 0 rings (SSSR count). The van der Waals surface area contributed by atoms with Gasteiger partial charge < -0.3 is 4.74 Å². The molecule has 0 aromatic heterocycles. The van der Waals surface area contributed by atoms with Crippen molar-refractivity contribution in [2.45, 2.75) is 47.6 Å². The molecule has 0 radical (unpaired) electrons. The second-order valence-electron chi connectivity index (χ2n) is 5.88. The molecular weight excluding hydrogens is 184 g/mol. The number of halogens is 1. The van der Waals surface area contributed by atoms with Gasteiger partial charge in [0.25, 0.3) is 0 Å². The first-order valence-electron chi connectivity index (χ1n) is 4.84. The first-order chi connectivity index (χ1) is 5.67. The first-order valence-corrected chi connectivity index (χ1v) is 5.38. The van der Waals surface area contributed by atoms with Crippen LogP contribution in [0.2, 0.25) is 0 Å². The SMILES string of the molecule is CC(C)(C)COC(CCl)C(C)(C)C. The van der Waals surface area contributed by atoms with Crippen LogP contribution in [-0.4, -0.2) is 18.6 Å². The zero-order valence-electron chi connectivity index (χ0n) is 9.78. The van der Waals surface area contributed by atoms with E-state index in [2.05, 4.69) is 41.5 Å². The third kappa shape index (κ3) is 6.34. The molecule has 80 valence electrons. The standard InChI is InChI=1S/C11H23ClO/c1-10(2,3)8-13-9(7-12)11(4,5)6/h9H,7-8H2,1-6H3. The van der Waals surface area contributed by atoms with Crippen LogP contribution in [0, 0.1) is 10.8 Å².